The number of amides is 1. The Morgan fingerprint density at radius 1 is 1.09 bits per heavy atom. The Balaban J connectivity index is 1.66. The number of carbonyl (C=O) groups is 1. The van der Waals surface area contributed by atoms with Crippen molar-refractivity contribution < 1.29 is 4.79 Å². The molecule has 4 rings (SSSR count). The molecule has 2 aliphatic rings. The van der Waals surface area contributed by atoms with Gasteiger partial charge in [-0.3, -0.25) is 9.59 Å². The largest absolute Gasteiger partial charge is 0.368 e. The smallest absolute Gasteiger partial charge is 0.253 e. The van der Waals surface area contributed by atoms with Gasteiger partial charge >= 0.3 is 0 Å². The summed E-state index contributed by atoms with van der Waals surface area (Å²) in [6.07, 6.45) is 9.05. The fourth-order valence-electron chi connectivity index (χ4n) is 5.47. The molecule has 1 fully saturated rings. The van der Waals surface area contributed by atoms with Gasteiger partial charge in [-0.05, 0) is 81.8 Å². The second kappa shape index (κ2) is 11.0. The highest BCUT2D eigenvalue weighted by Gasteiger charge is 2.26. The Morgan fingerprint density at radius 3 is 2.62 bits per heavy atom. The Bertz CT molecular complexity index is 1100. The summed E-state index contributed by atoms with van der Waals surface area (Å²) < 4.78 is 0. The number of hydrogen-bond donors (Lipinski definition) is 2. The van der Waals surface area contributed by atoms with E-state index >= 15 is 0 Å². The minimum atomic E-state index is -0.117. The maximum Gasteiger partial charge on any atom is 0.253 e. The van der Waals surface area contributed by atoms with Crippen molar-refractivity contribution in [2.75, 3.05) is 31.1 Å². The normalized spacial score (nSPS) is 17.8. The quantitative estimate of drug-likeness (QED) is 0.675. The number of aromatic nitrogens is 1. The maximum absolute atomic E-state index is 13.4. The van der Waals surface area contributed by atoms with Crippen molar-refractivity contribution in [1.82, 2.24) is 15.2 Å². The number of aromatic amines is 1. The van der Waals surface area contributed by atoms with E-state index in [9.17, 15) is 9.59 Å². The molecule has 1 aromatic heterocycles. The van der Waals surface area contributed by atoms with Crippen LogP contribution in [0.5, 0.6) is 0 Å². The predicted octanol–water partition coefficient (Wildman–Crippen LogP) is 3.97. The van der Waals surface area contributed by atoms with Gasteiger partial charge < -0.3 is 20.1 Å². The molecule has 0 saturated carbocycles. The molecule has 0 radical (unpaired) electrons. The lowest BCUT2D eigenvalue weighted by Crippen LogP contribution is -2.45. The SMILES string of the molecule is CCN1CCC(N(CC)c2cccc3c2CC=CCCc2cc(C)[nH]c(=O)c2CNC3=O)CC1. The van der Waals surface area contributed by atoms with Crippen LogP contribution in [0, 0.1) is 6.92 Å². The van der Waals surface area contributed by atoms with E-state index in [2.05, 4.69) is 52.2 Å². The summed E-state index contributed by atoms with van der Waals surface area (Å²) in [5.74, 6) is -0.117. The zero-order valence-corrected chi connectivity index (χ0v) is 20.8. The molecule has 1 aromatic carbocycles. The summed E-state index contributed by atoms with van der Waals surface area (Å²) in [5, 5.41) is 3.04. The van der Waals surface area contributed by atoms with Crippen LogP contribution in [-0.4, -0.2) is 48.0 Å². The number of carbonyl (C=O) groups excluding carboxylic acids is 1. The minimum Gasteiger partial charge on any atom is -0.368 e. The van der Waals surface area contributed by atoms with Gasteiger partial charge in [0.15, 0.2) is 0 Å². The Hall–Kier alpha value is -2.86. The molecule has 1 amide bonds. The number of piperidine rings is 1. The molecule has 3 heterocycles. The van der Waals surface area contributed by atoms with Crippen molar-refractivity contribution in [3.63, 3.8) is 0 Å². The molecule has 182 valence electrons. The first-order valence-corrected chi connectivity index (χ1v) is 12.8. The number of H-pyrrole nitrogens is 1. The van der Waals surface area contributed by atoms with Gasteiger partial charge in [-0.1, -0.05) is 25.1 Å². The van der Waals surface area contributed by atoms with Gasteiger partial charge in [0, 0.05) is 54.7 Å². The number of benzene rings is 1. The van der Waals surface area contributed by atoms with Crippen LogP contribution < -0.4 is 15.8 Å². The lowest BCUT2D eigenvalue weighted by molar-refractivity contribution is 0.0950. The molecule has 0 bridgehead atoms. The highest BCUT2D eigenvalue weighted by molar-refractivity contribution is 5.97. The summed E-state index contributed by atoms with van der Waals surface area (Å²) in [6, 6.07) is 8.60. The van der Waals surface area contributed by atoms with Crippen LogP contribution in [0.2, 0.25) is 0 Å². The fraction of sp³-hybridized carbons (Fsp3) is 0.500. The molecular formula is C28H38N4O2. The van der Waals surface area contributed by atoms with Crippen molar-refractivity contribution in [3.05, 3.63) is 74.7 Å². The fourth-order valence-corrected chi connectivity index (χ4v) is 5.47. The number of pyridine rings is 1. The van der Waals surface area contributed by atoms with E-state index in [1.165, 1.54) is 5.69 Å². The number of aryl methyl sites for hydroxylation is 2. The Labute approximate surface area is 203 Å². The molecule has 6 heteroatoms. The number of likely N-dealkylation sites (tertiary alicyclic amines) is 1. The minimum absolute atomic E-state index is 0.110. The first kappa shape index (κ1) is 24.3. The van der Waals surface area contributed by atoms with Gasteiger partial charge in [0.25, 0.3) is 11.5 Å². The summed E-state index contributed by atoms with van der Waals surface area (Å²) >= 11 is 0. The van der Waals surface area contributed by atoms with E-state index in [1.807, 2.05) is 25.1 Å². The highest BCUT2D eigenvalue weighted by atomic mass is 16.1. The molecule has 1 saturated heterocycles. The molecule has 6 nitrogen and oxygen atoms in total. The van der Waals surface area contributed by atoms with E-state index in [4.69, 9.17) is 0 Å². The van der Waals surface area contributed by atoms with Crippen LogP contribution in [0.3, 0.4) is 0 Å². The zero-order chi connectivity index (χ0) is 24.1. The average Bonchev–Trinajstić information content (AvgIpc) is 2.83. The van der Waals surface area contributed by atoms with Crippen molar-refractivity contribution in [1.29, 1.82) is 0 Å². The molecule has 0 aliphatic carbocycles. The van der Waals surface area contributed by atoms with Crippen LogP contribution in [0.15, 0.2) is 41.2 Å². The van der Waals surface area contributed by atoms with Gasteiger partial charge in [0.1, 0.15) is 0 Å². The second-order valence-electron chi connectivity index (χ2n) is 9.44. The predicted molar refractivity (Wildman–Crippen MR) is 139 cm³/mol. The Kier molecular flexibility index (Phi) is 7.88. The number of hydrogen-bond acceptors (Lipinski definition) is 4. The van der Waals surface area contributed by atoms with Gasteiger partial charge in [-0.25, -0.2) is 0 Å². The number of rotatable bonds is 4. The molecule has 34 heavy (non-hydrogen) atoms. The second-order valence-corrected chi connectivity index (χ2v) is 9.44. The number of nitrogens with one attached hydrogen (secondary N) is 2. The van der Waals surface area contributed by atoms with E-state index < -0.39 is 0 Å². The van der Waals surface area contributed by atoms with Crippen LogP contribution >= 0.6 is 0 Å². The molecule has 0 atom stereocenters. The molecule has 2 aromatic rings. The molecule has 2 N–H and O–H groups in total. The molecule has 0 spiro atoms. The van der Waals surface area contributed by atoms with Crippen molar-refractivity contribution >= 4 is 11.6 Å². The van der Waals surface area contributed by atoms with Gasteiger partial charge in [0.2, 0.25) is 0 Å². The lowest BCUT2D eigenvalue weighted by atomic mass is 9.96. The third kappa shape index (κ3) is 5.27. The van der Waals surface area contributed by atoms with E-state index in [0.717, 1.165) is 75.1 Å². The lowest BCUT2D eigenvalue weighted by Gasteiger charge is -2.40. The first-order chi connectivity index (χ1) is 16.5. The number of nitrogens with zero attached hydrogens (tertiary/aromatic N) is 2. The van der Waals surface area contributed by atoms with Gasteiger partial charge in [-0.15, -0.1) is 0 Å². The summed E-state index contributed by atoms with van der Waals surface area (Å²) in [6.45, 7) is 10.9. The Morgan fingerprint density at radius 2 is 1.88 bits per heavy atom. The van der Waals surface area contributed by atoms with Gasteiger partial charge in [-0.2, -0.15) is 0 Å². The molecule has 2 aliphatic heterocycles. The van der Waals surface area contributed by atoms with Crippen LogP contribution in [0.1, 0.15) is 65.9 Å². The number of anilines is 1. The van der Waals surface area contributed by atoms with Crippen molar-refractivity contribution in [3.8, 4) is 0 Å². The van der Waals surface area contributed by atoms with E-state index in [-0.39, 0.29) is 18.0 Å². The third-order valence-corrected chi connectivity index (χ3v) is 7.35. The van der Waals surface area contributed by atoms with Crippen LogP contribution in [0.4, 0.5) is 5.69 Å². The van der Waals surface area contributed by atoms with E-state index in [0.29, 0.717) is 17.2 Å². The number of allylic oxidation sites excluding steroid dienone is 2. The average molecular weight is 463 g/mol. The third-order valence-electron chi connectivity index (χ3n) is 7.35. The summed E-state index contributed by atoms with van der Waals surface area (Å²) in [4.78, 5) is 33.9. The van der Waals surface area contributed by atoms with E-state index in [1.54, 1.807) is 0 Å². The molecular weight excluding hydrogens is 424 g/mol. The summed E-state index contributed by atoms with van der Waals surface area (Å²) in [7, 11) is 0. The standard InChI is InChI=1S/C28H38N4O2/c1-4-31-16-14-22(15-17-31)32(5-2)26-13-9-12-24-23(26)11-8-6-7-10-21-18-20(3)30-28(34)25(21)19-29-27(24)33/h6,8-9,12-13,18,22H,4-5,7,10-11,14-17,19H2,1-3H3,(H,29,33)(H,30,34). The first-order valence-electron chi connectivity index (χ1n) is 12.8. The van der Waals surface area contributed by atoms with Crippen LogP contribution in [0.25, 0.3) is 0 Å². The summed E-state index contributed by atoms with van der Waals surface area (Å²) in [5.41, 5.74) is 5.36. The van der Waals surface area contributed by atoms with Crippen LogP contribution in [-0.2, 0) is 19.4 Å². The monoisotopic (exact) mass is 462 g/mol. The van der Waals surface area contributed by atoms with Crippen molar-refractivity contribution in [2.24, 2.45) is 0 Å². The zero-order valence-electron chi connectivity index (χ0n) is 20.8. The topological polar surface area (TPSA) is 68.4 Å². The van der Waals surface area contributed by atoms with Gasteiger partial charge in [0.05, 0.1) is 0 Å². The van der Waals surface area contributed by atoms with Crippen molar-refractivity contribution in [2.45, 2.75) is 65.5 Å². The number of fused-ring (bicyclic) bond motifs is 2. The molecule has 0 unspecified atom stereocenters. The maximum atomic E-state index is 13.4. The highest BCUT2D eigenvalue weighted by Crippen LogP contribution is 2.30.